The van der Waals surface area contributed by atoms with Gasteiger partial charge in [-0.15, -0.1) is 22.7 Å². The molecule has 0 aliphatic heterocycles. The van der Waals surface area contributed by atoms with Gasteiger partial charge in [-0.2, -0.15) is 0 Å². The van der Waals surface area contributed by atoms with Gasteiger partial charge in [0.15, 0.2) is 0 Å². The van der Waals surface area contributed by atoms with E-state index in [2.05, 4.69) is 32.9 Å². The number of nitrogens with one attached hydrogen (secondary N) is 1. The lowest BCUT2D eigenvalue weighted by Gasteiger charge is -2.02. The summed E-state index contributed by atoms with van der Waals surface area (Å²) in [6.07, 6.45) is 2.59. The standard InChI is InChI=1S/C15H12N4OS3/c1-2-8-5-9-14(16-7-17-15(9)23-8)22-6-11-18-10-3-4-21-12(10)13(20)19-11/h3-5,7H,2,6H2,1H3,(H,18,19,20). The Morgan fingerprint density at radius 3 is 3.13 bits per heavy atom. The molecule has 4 aromatic rings. The molecule has 0 radical (unpaired) electrons. The first-order valence-corrected chi connectivity index (χ1v) is 9.75. The minimum absolute atomic E-state index is 0.0720. The fourth-order valence-corrected chi connectivity index (χ4v) is 4.87. The molecule has 0 atom stereocenters. The Morgan fingerprint density at radius 2 is 2.26 bits per heavy atom. The maximum Gasteiger partial charge on any atom is 0.268 e. The van der Waals surface area contributed by atoms with Crippen LogP contribution >= 0.6 is 34.4 Å². The number of H-pyrrole nitrogens is 1. The van der Waals surface area contributed by atoms with Crippen molar-refractivity contribution < 1.29 is 0 Å². The number of aryl methyl sites for hydroxylation is 1. The number of aromatic amines is 1. The lowest BCUT2D eigenvalue weighted by molar-refractivity contribution is 1.04. The smallest absolute Gasteiger partial charge is 0.268 e. The lowest BCUT2D eigenvalue weighted by atomic mass is 10.3. The Hall–Kier alpha value is -1.77. The average Bonchev–Trinajstić information content (AvgIpc) is 3.19. The predicted molar refractivity (Wildman–Crippen MR) is 96.6 cm³/mol. The molecule has 0 spiro atoms. The van der Waals surface area contributed by atoms with E-state index in [4.69, 9.17) is 0 Å². The summed E-state index contributed by atoms with van der Waals surface area (Å²) >= 11 is 4.69. The summed E-state index contributed by atoms with van der Waals surface area (Å²) in [5.41, 5.74) is 0.684. The molecular formula is C15H12N4OS3. The summed E-state index contributed by atoms with van der Waals surface area (Å²) in [5, 5.41) is 3.90. The van der Waals surface area contributed by atoms with Crippen molar-refractivity contribution >= 4 is 54.9 Å². The van der Waals surface area contributed by atoms with Crippen LogP contribution in [0, 0.1) is 0 Å². The van der Waals surface area contributed by atoms with Crippen LogP contribution in [0.25, 0.3) is 20.4 Å². The number of thioether (sulfide) groups is 1. The summed E-state index contributed by atoms with van der Waals surface area (Å²) in [5.74, 6) is 1.24. The molecule has 0 saturated heterocycles. The van der Waals surface area contributed by atoms with Gasteiger partial charge in [0.2, 0.25) is 0 Å². The molecule has 0 saturated carbocycles. The number of nitrogens with zero attached hydrogens (tertiary/aromatic N) is 3. The van der Waals surface area contributed by atoms with Gasteiger partial charge in [-0.3, -0.25) is 4.79 Å². The molecule has 116 valence electrons. The van der Waals surface area contributed by atoms with Gasteiger partial charge in [0, 0.05) is 10.3 Å². The molecule has 5 nitrogen and oxygen atoms in total. The SMILES string of the molecule is CCc1cc2c(SCc3nc4ccsc4c(=O)[nH]3)ncnc2s1. The van der Waals surface area contributed by atoms with Crippen molar-refractivity contribution in [2.75, 3.05) is 0 Å². The molecule has 4 rings (SSSR count). The van der Waals surface area contributed by atoms with Crippen molar-refractivity contribution in [2.45, 2.75) is 24.1 Å². The predicted octanol–water partition coefficient (Wildman–Crippen LogP) is 3.84. The monoisotopic (exact) mass is 360 g/mol. The van der Waals surface area contributed by atoms with Crippen molar-refractivity contribution in [2.24, 2.45) is 0 Å². The molecule has 23 heavy (non-hydrogen) atoms. The van der Waals surface area contributed by atoms with Gasteiger partial charge >= 0.3 is 0 Å². The number of aromatic nitrogens is 4. The zero-order valence-corrected chi connectivity index (χ0v) is 14.6. The highest BCUT2D eigenvalue weighted by molar-refractivity contribution is 7.98. The van der Waals surface area contributed by atoms with Gasteiger partial charge in [0.25, 0.3) is 5.56 Å². The molecule has 0 amide bonds. The maximum atomic E-state index is 12.0. The Balaban J connectivity index is 1.65. The van der Waals surface area contributed by atoms with Crippen molar-refractivity contribution in [1.82, 2.24) is 19.9 Å². The van der Waals surface area contributed by atoms with Gasteiger partial charge in [0.1, 0.15) is 26.7 Å². The van der Waals surface area contributed by atoms with Crippen LogP contribution in [0.5, 0.6) is 0 Å². The highest BCUT2D eigenvalue weighted by Gasteiger charge is 2.10. The molecule has 0 fully saturated rings. The van der Waals surface area contributed by atoms with Crippen LogP contribution in [0.2, 0.25) is 0 Å². The third-order valence-electron chi connectivity index (χ3n) is 3.40. The minimum atomic E-state index is -0.0720. The van der Waals surface area contributed by atoms with Crippen LogP contribution in [0.3, 0.4) is 0 Å². The second-order valence-corrected chi connectivity index (χ2v) is 7.90. The molecular weight excluding hydrogens is 348 g/mol. The van der Waals surface area contributed by atoms with Gasteiger partial charge in [-0.25, -0.2) is 15.0 Å². The van der Waals surface area contributed by atoms with Gasteiger partial charge in [-0.1, -0.05) is 18.7 Å². The van der Waals surface area contributed by atoms with Gasteiger partial charge in [-0.05, 0) is 23.9 Å². The van der Waals surface area contributed by atoms with E-state index in [1.165, 1.54) is 16.2 Å². The Kier molecular flexibility index (Phi) is 3.88. The Bertz CT molecular complexity index is 1050. The third-order valence-corrected chi connectivity index (χ3v) is 6.51. The summed E-state index contributed by atoms with van der Waals surface area (Å²) < 4.78 is 0.675. The number of hydrogen-bond acceptors (Lipinski definition) is 7. The van der Waals surface area contributed by atoms with Crippen molar-refractivity contribution in [1.29, 1.82) is 0 Å². The summed E-state index contributed by atoms with van der Waals surface area (Å²) in [4.78, 5) is 30.4. The second kappa shape index (κ2) is 6.03. The molecule has 1 N–H and O–H groups in total. The van der Waals surface area contributed by atoms with Crippen LogP contribution in [0.4, 0.5) is 0 Å². The molecule has 0 unspecified atom stereocenters. The van der Waals surface area contributed by atoms with E-state index >= 15 is 0 Å². The third kappa shape index (κ3) is 2.77. The van der Waals surface area contributed by atoms with Crippen LogP contribution in [-0.2, 0) is 12.2 Å². The molecule has 8 heteroatoms. The fourth-order valence-electron chi connectivity index (χ4n) is 2.30. The van der Waals surface area contributed by atoms with E-state index < -0.39 is 0 Å². The maximum absolute atomic E-state index is 12.0. The first kappa shape index (κ1) is 14.8. The molecule has 0 aromatic carbocycles. The lowest BCUT2D eigenvalue weighted by Crippen LogP contribution is -2.09. The summed E-state index contributed by atoms with van der Waals surface area (Å²) in [6, 6.07) is 4.03. The zero-order valence-electron chi connectivity index (χ0n) is 12.2. The van der Waals surface area contributed by atoms with E-state index in [9.17, 15) is 4.79 Å². The zero-order chi connectivity index (χ0) is 15.8. The van der Waals surface area contributed by atoms with Gasteiger partial charge < -0.3 is 4.98 Å². The molecule has 0 aliphatic rings. The Morgan fingerprint density at radius 1 is 1.35 bits per heavy atom. The van der Waals surface area contributed by atoms with E-state index in [0.717, 1.165) is 27.2 Å². The normalized spacial score (nSPS) is 11.5. The molecule has 0 bridgehead atoms. The largest absolute Gasteiger partial charge is 0.309 e. The summed E-state index contributed by atoms with van der Waals surface area (Å²) in [6.45, 7) is 2.13. The quantitative estimate of drug-likeness (QED) is 0.442. The highest BCUT2D eigenvalue weighted by Crippen LogP contribution is 2.32. The van der Waals surface area contributed by atoms with E-state index in [1.807, 2.05) is 11.4 Å². The highest BCUT2D eigenvalue weighted by atomic mass is 32.2. The summed E-state index contributed by atoms with van der Waals surface area (Å²) in [7, 11) is 0. The van der Waals surface area contributed by atoms with Crippen LogP contribution in [0.15, 0.2) is 33.7 Å². The topological polar surface area (TPSA) is 71.5 Å². The van der Waals surface area contributed by atoms with Crippen LogP contribution in [0.1, 0.15) is 17.6 Å². The number of fused-ring (bicyclic) bond motifs is 2. The first-order chi connectivity index (χ1) is 11.2. The van der Waals surface area contributed by atoms with Crippen molar-refractivity contribution in [3.63, 3.8) is 0 Å². The number of hydrogen-bond donors (Lipinski definition) is 1. The number of thiophene rings is 2. The van der Waals surface area contributed by atoms with Crippen molar-refractivity contribution in [3.8, 4) is 0 Å². The second-order valence-electron chi connectivity index (χ2n) is 4.90. The van der Waals surface area contributed by atoms with Gasteiger partial charge in [0.05, 0.1) is 11.3 Å². The first-order valence-electron chi connectivity index (χ1n) is 7.07. The van der Waals surface area contributed by atoms with Crippen molar-refractivity contribution in [3.05, 3.63) is 44.9 Å². The fraction of sp³-hybridized carbons (Fsp3) is 0.200. The molecule has 4 heterocycles. The van der Waals surface area contributed by atoms with E-state index in [-0.39, 0.29) is 5.56 Å². The van der Waals surface area contributed by atoms with Crippen LogP contribution in [-0.4, -0.2) is 19.9 Å². The average molecular weight is 360 g/mol. The Labute approximate surface area is 143 Å². The van der Waals surface area contributed by atoms with E-state index in [1.54, 1.807) is 29.4 Å². The van der Waals surface area contributed by atoms with Crippen LogP contribution < -0.4 is 5.56 Å². The molecule has 0 aliphatic carbocycles. The minimum Gasteiger partial charge on any atom is -0.309 e. The van der Waals surface area contributed by atoms with E-state index in [0.29, 0.717) is 16.3 Å². The number of rotatable bonds is 4. The molecule has 4 aromatic heterocycles.